The fourth-order valence-electron chi connectivity index (χ4n) is 4.87. The number of fused-ring (bicyclic) bond motifs is 2. The molecule has 6 rings (SSSR count). The van der Waals surface area contributed by atoms with Crippen molar-refractivity contribution in [1.29, 1.82) is 5.26 Å². The maximum Gasteiger partial charge on any atom is 0.336 e. The van der Waals surface area contributed by atoms with Crippen molar-refractivity contribution in [2.45, 2.75) is 18.9 Å². The van der Waals surface area contributed by atoms with Gasteiger partial charge in [0.15, 0.2) is 11.6 Å². The molecule has 0 amide bonds. The van der Waals surface area contributed by atoms with Crippen LogP contribution in [-0.2, 0) is 0 Å². The van der Waals surface area contributed by atoms with Crippen LogP contribution >= 0.6 is 22.9 Å². The van der Waals surface area contributed by atoms with Crippen molar-refractivity contribution in [2.75, 3.05) is 7.11 Å². The number of rotatable bonds is 4. The zero-order valence-corrected chi connectivity index (χ0v) is 21.0. The van der Waals surface area contributed by atoms with Crippen molar-refractivity contribution in [1.82, 2.24) is 14.1 Å². The summed E-state index contributed by atoms with van der Waals surface area (Å²) in [6.45, 7) is 0. The summed E-state index contributed by atoms with van der Waals surface area (Å²) in [6, 6.07) is 13.8. The van der Waals surface area contributed by atoms with Gasteiger partial charge in [-0.3, -0.25) is 14.3 Å². The average molecular weight is 533 g/mol. The first-order chi connectivity index (χ1) is 17.9. The van der Waals surface area contributed by atoms with Crippen LogP contribution in [0.15, 0.2) is 64.4 Å². The molecule has 10 heteroatoms. The van der Waals surface area contributed by atoms with Crippen molar-refractivity contribution in [2.24, 2.45) is 5.92 Å². The molecule has 37 heavy (non-hydrogen) atoms. The first kappa shape index (κ1) is 23.4. The smallest absolute Gasteiger partial charge is 0.336 e. The molecule has 2 aromatic carbocycles. The van der Waals surface area contributed by atoms with E-state index in [4.69, 9.17) is 16.3 Å². The summed E-state index contributed by atoms with van der Waals surface area (Å²) >= 11 is 7.55. The summed E-state index contributed by atoms with van der Waals surface area (Å²) in [7, 11) is 1.36. The summed E-state index contributed by atoms with van der Waals surface area (Å²) in [5, 5.41) is 11.0. The third kappa shape index (κ3) is 3.64. The van der Waals surface area contributed by atoms with E-state index in [2.05, 4.69) is 11.1 Å². The van der Waals surface area contributed by atoms with E-state index >= 15 is 0 Å². The minimum absolute atomic E-state index is 0.0179. The minimum atomic E-state index is -0.600. The Kier molecular flexibility index (Phi) is 5.59. The lowest BCUT2D eigenvalue weighted by Gasteiger charge is -2.33. The molecule has 1 aliphatic rings. The second-order valence-corrected chi connectivity index (χ2v) is 10.4. The fourth-order valence-corrected chi connectivity index (χ4v) is 6.29. The molecule has 0 aliphatic heterocycles. The summed E-state index contributed by atoms with van der Waals surface area (Å²) in [5.74, 6) is -0.734. The molecule has 3 heterocycles. The van der Waals surface area contributed by atoms with Gasteiger partial charge in [-0.2, -0.15) is 5.26 Å². The standard InChI is InChI=1S/C27H18ClFN4O3S/c1-36-23-8-18(19(28)9-20(23)29)24-10-21-25(37-24)26(34)33(27(35)32(21)16-6-14(7-16)11-30)22-13-31-12-15-4-2-3-5-17(15)22/h2-5,8-10,12-14,16H,6-7H2,1H3. The summed E-state index contributed by atoms with van der Waals surface area (Å²) in [5.41, 5.74) is 0.356. The molecule has 0 bridgehead atoms. The van der Waals surface area contributed by atoms with E-state index in [0.717, 1.165) is 16.0 Å². The number of thiophene rings is 1. The molecular weight excluding hydrogens is 515 g/mol. The van der Waals surface area contributed by atoms with E-state index in [1.807, 2.05) is 24.3 Å². The van der Waals surface area contributed by atoms with Gasteiger partial charge in [-0.05, 0) is 31.0 Å². The highest BCUT2D eigenvalue weighted by Crippen LogP contribution is 2.42. The van der Waals surface area contributed by atoms with Gasteiger partial charge in [-0.1, -0.05) is 35.9 Å². The van der Waals surface area contributed by atoms with Gasteiger partial charge >= 0.3 is 5.69 Å². The summed E-state index contributed by atoms with van der Waals surface area (Å²) in [4.78, 5) is 32.7. The largest absolute Gasteiger partial charge is 0.494 e. The van der Waals surface area contributed by atoms with E-state index in [9.17, 15) is 19.2 Å². The Bertz CT molecular complexity index is 1880. The zero-order valence-electron chi connectivity index (χ0n) is 19.4. The van der Waals surface area contributed by atoms with Crippen LogP contribution in [0.3, 0.4) is 0 Å². The Morgan fingerprint density at radius 1 is 1.19 bits per heavy atom. The molecule has 0 unspecified atom stereocenters. The monoisotopic (exact) mass is 532 g/mol. The highest BCUT2D eigenvalue weighted by Gasteiger charge is 2.34. The molecule has 0 saturated heterocycles. The molecule has 0 N–H and O–H groups in total. The molecule has 5 aromatic rings. The van der Waals surface area contributed by atoms with Gasteiger partial charge in [0.05, 0.1) is 41.5 Å². The van der Waals surface area contributed by atoms with E-state index in [-0.39, 0.29) is 22.7 Å². The highest BCUT2D eigenvalue weighted by atomic mass is 35.5. The zero-order chi connectivity index (χ0) is 25.8. The van der Waals surface area contributed by atoms with Crippen LogP contribution in [0.25, 0.3) is 37.1 Å². The van der Waals surface area contributed by atoms with Crippen molar-refractivity contribution >= 4 is 43.9 Å². The van der Waals surface area contributed by atoms with Crippen molar-refractivity contribution in [3.8, 4) is 27.9 Å². The molecule has 1 aliphatic carbocycles. The molecule has 7 nitrogen and oxygen atoms in total. The molecule has 0 spiro atoms. The van der Waals surface area contributed by atoms with Crippen molar-refractivity contribution in [3.63, 3.8) is 0 Å². The van der Waals surface area contributed by atoms with E-state index in [0.29, 0.717) is 44.6 Å². The van der Waals surface area contributed by atoms with Crippen LogP contribution in [-0.4, -0.2) is 21.2 Å². The van der Waals surface area contributed by atoms with Gasteiger partial charge in [-0.25, -0.2) is 13.8 Å². The number of pyridine rings is 1. The van der Waals surface area contributed by atoms with Crippen LogP contribution in [0.2, 0.25) is 5.02 Å². The molecule has 0 radical (unpaired) electrons. The Morgan fingerprint density at radius 3 is 2.73 bits per heavy atom. The maximum atomic E-state index is 14.2. The summed E-state index contributed by atoms with van der Waals surface area (Å²) < 4.78 is 22.4. The third-order valence-corrected chi connectivity index (χ3v) is 8.28. The summed E-state index contributed by atoms with van der Waals surface area (Å²) in [6.07, 6.45) is 4.20. The number of aromatic nitrogens is 3. The Labute approximate surface area is 218 Å². The van der Waals surface area contributed by atoms with Gasteiger partial charge in [-0.15, -0.1) is 11.3 Å². The van der Waals surface area contributed by atoms with Crippen LogP contribution < -0.4 is 16.0 Å². The lowest BCUT2D eigenvalue weighted by Crippen LogP contribution is -2.43. The quantitative estimate of drug-likeness (QED) is 0.296. The maximum absolute atomic E-state index is 14.2. The van der Waals surface area contributed by atoms with Gasteiger partial charge in [0.2, 0.25) is 0 Å². The molecule has 1 saturated carbocycles. The topological polar surface area (TPSA) is 89.9 Å². The fraction of sp³-hybridized carbons (Fsp3) is 0.185. The number of benzene rings is 2. The van der Waals surface area contributed by atoms with Crippen LogP contribution in [0.1, 0.15) is 18.9 Å². The molecule has 3 aromatic heterocycles. The Hall–Kier alpha value is -4.00. The number of nitrogens with zero attached hydrogens (tertiary/aromatic N) is 4. The third-order valence-electron chi connectivity index (χ3n) is 6.82. The number of nitriles is 1. The first-order valence-corrected chi connectivity index (χ1v) is 12.7. The number of methoxy groups -OCH3 is 1. The molecule has 184 valence electrons. The Balaban J connectivity index is 1.67. The Morgan fingerprint density at radius 2 is 1.97 bits per heavy atom. The lowest BCUT2D eigenvalue weighted by molar-refractivity contribution is 0.245. The molecule has 1 fully saturated rings. The number of hydrogen-bond acceptors (Lipinski definition) is 6. The molecular formula is C27H18ClFN4O3S. The predicted octanol–water partition coefficient (Wildman–Crippen LogP) is 5.70. The van der Waals surface area contributed by atoms with Crippen molar-refractivity contribution in [3.05, 3.63) is 86.5 Å². The van der Waals surface area contributed by atoms with E-state index < -0.39 is 17.1 Å². The predicted molar refractivity (Wildman–Crippen MR) is 141 cm³/mol. The SMILES string of the molecule is COc1cc(-c2cc3c(s2)c(=O)n(-c2cncc4ccccc24)c(=O)n3C2CC(C#N)C2)c(Cl)cc1F. The van der Waals surface area contributed by atoms with Crippen molar-refractivity contribution < 1.29 is 9.13 Å². The van der Waals surface area contributed by atoms with Crippen LogP contribution in [0.5, 0.6) is 5.75 Å². The van der Waals surface area contributed by atoms with Crippen LogP contribution in [0, 0.1) is 23.1 Å². The van der Waals surface area contributed by atoms with E-state index in [1.165, 1.54) is 30.7 Å². The van der Waals surface area contributed by atoms with Gasteiger partial charge in [0.25, 0.3) is 5.56 Å². The molecule has 0 atom stereocenters. The second-order valence-electron chi connectivity index (χ2n) is 8.92. The number of ether oxygens (including phenoxy) is 1. The van der Waals surface area contributed by atoms with Gasteiger partial charge in [0, 0.05) is 33.5 Å². The van der Waals surface area contributed by atoms with E-state index in [1.54, 1.807) is 16.8 Å². The number of hydrogen-bond donors (Lipinski definition) is 0. The lowest BCUT2D eigenvalue weighted by atomic mass is 9.81. The second kappa shape index (κ2) is 8.83. The van der Waals surface area contributed by atoms with Crippen LogP contribution in [0.4, 0.5) is 4.39 Å². The highest BCUT2D eigenvalue weighted by molar-refractivity contribution is 7.22. The first-order valence-electron chi connectivity index (χ1n) is 11.5. The average Bonchev–Trinajstić information content (AvgIpc) is 3.31. The van der Waals surface area contributed by atoms with Gasteiger partial charge < -0.3 is 4.74 Å². The van der Waals surface area contributed by atoms with Gasteiger partial charge in [0.1, 0.15) is 4.70 Å². The number of halogens is 2. The normalized spacial score (nSPS) is 17.0. The minimum Gasteiger partial charge on any atom is -0.494 e.